The van der Waals surface area contributed by atoms with Crippen molar-refractivity contribution in [2.75, 3.05) is 34.3 Å². The molecule has 1 saturated heterocycles. The summed E-state index contributed by atoms with van der Waals surface area (Å²) in [6.07, 6.45) is 4.65. The monoisotopic (exact) mass is 344 g/mol. The smallest absolute Gasteiger partial charge is 0.337 e. The predicted molar refractivity (Wildman–Crippen MR) is 94.8 cm³/mol. The highest BCUT2D eigenvalue weighted by molar-refractivity contribution is 5.92. The molecule has 0 radical (unpaired) electrons. The fourth-order valence-electron chi connectivity index (χ4n) is 2.83. The molecule has 1 aromatic carbocycles. The molecule has 0 saturated carbocycles. The summed E-state index contributed by atoms with van der Waals surface area (Å²) in [6.45, 7) is 1.18. The van der Waals surface area contributed by atoms with Crippen molar-refractivity contribution in [3.05, 3.63) is 41.5 Å². The third-order valence-corrected chi connectivity index (χ3v) is 4.35. The number of rotatable bonds is 4. The van der Waals surface area contributed by atoms with E-state index in [2.05, 4.69) is 4.74 Å². The summed E-state index contributed by atoms with van der Waals surface area (Å²) < 4.78 is 4.65. The van der Waals surface area contributed by atoms with Gasteiger partial charge in [0.05, 0.1) is 12.7 Å². The van der Waals surface area contributed by atoms with Crippen molar-refractivity contribution >= 4 is 23.9 Å². The number of piperidine rings is 1. The summed E-state index contributed by atoms with van der Waals surface area (Å²) in [4.78, 5) is 39.0. The maximum atomic E-state index is 12.3. The van der Waals surface area contributed by atoms with Gasteiger partial charge in [-0.25, -0.2) is 4.79 Å². The molecule has 0 aromatic heterocycles. The Bertz CT molecular complexity index is 657. The van der Waals surface area contributed by atoms with E-state index in [1.807, 2.05) is 0 Å². The summed E-state index contributed by atoms with van der Waals surface area (Å²) >= 11 is 0. The maximum Gasteiger partial charge on any atom is 0.337 e. The normalized spacial score (nSPS) is 15.2. The summed E-state index contributed by atoms with van der Waals surface area (Å²) in [7, 11) is 4.85. The molecule has 0 N–H and O–H groups in total. The molecule has 2 rings (SSSR count). The van der Waals surface area contributed by atoms with Gasteiger partial charge in [-0.05, 0) is 36.6 Å². The van der Waals surface area contributed by atoms with E-state index in [4.69, 9.17) is 0 Å². The standard InChI is InChI=1S/C19H24N2O4/c1-20(2)18(23)15-10-12-21(13-11-15)17(22)9-6-14-4-7-16(8-5-14)19(24)25-3/h4-9,15H,10-13H2,1-3H3/b9-6+. The quantitative estimate of drug-likeness (QED) is 0.617. The number of methoxy groups -OCH3 is 1. The van der Waals surface area contributed by atoms with Gasteiger partial charge in [0, 0.05) is 39.2 Å². The number of ether oxygens (including phenoxy) is 1. The Morgan fingerprint density at radius 2 is 1.72 bits per heavy atom. The Morgan fingerprint density at radius 3 is 2.24 bits per heavy atom. The molecule has 6 nitrogen and oxygen atoms in total. The number of esters is 1. The number of carbonyl (C=O) groups is 3. The van der Waals surface area contributed by atoms with Gasteiger partial charge in [-0.1, -0.05) is 12.1 Å². The molecule has 25 heavy (non-hydrogen) atoms. The third kappa shape index (κ3) is 4.92. The SMILES string of the molecule is COC(=O)c1ccc(/C=C/C(=O)N2CCC(C(=O)N(C)C)CC2)cc1. The average Bonchev–Trinajstić information content (AvgIpc) is 2.65. The highest BCUT2D eigenvalue weighted by atomic mass is 16.5. The van der Waals surface area contributed by atoms with Crippen LogP contribution in [0.25, 0.3) is 6.08 Å². The van der Waals surface area contributed by atoms with Crippen LogP contribution in [0.3, 0.4) is 0 Å². The van der Waals surface area contributed by atoms with Gasteiger partial charge in [0.25, 0.3) is 0 Å². The van der Waals surface area contributed by atoms with E-state index in [1.165, 1.54) is 13.2 Å². The van der Waals surface area contributed by atoms with Gasteiger partial charge in [0.2, 0.25) is 11.8 Å². The van der Waals surface area contributed by atoms with Gasteiger partial charge < -0.3 is 14.5 Å². The molecule has 2 amide bonds. The molecule has 0 aliphatic carbocycles. The Hall–Kier alpha value is -2.63. The zero-order valence-electron chi connectivity index (χ0n) is 14.9. The highest BCUT2D eigenvalue weighted by Crippen LogP contribution is 2.19. The molecule has 1 fully saturated rings. The van der Waals surface area contributed by atoms with Crippen LogP contribution in [0.2, 0.25) is 0 Å². The van der Waals surface area contributed by atoms with Crippen molar-refractivity contribution in [3.8, 4) is 0 Å². The molecule has 0 atom stereocenters. The molecule has 1 aromatic rings. The lowest BCUT2D eigenvalue weighted by atomic mass is 9.95. The molecule has 1 aliphatic rings. The van der Waals surface area contributed by atoms with Gasteiger partial charge in [0.15, 0.2) is 0 Å². The van der Waals surface area contributed by atoms with E-state index in [1.54, 1.807) is 54.2 Å². The average molecular weight is 344 g/mol. The Labute approximate surface area is 148 Å². The minimum Gasteiger partial charge on any atom is -0.465 e. The zero-order chi connectivity index (χ0) is 18.4. The van der Waals surface area contributed by atoms with Crippen molar-refractivity contribution in [1.82, 2.24) is 9.80 Å². The van der Waals surface area contributed by atoms with E-state index < -0.39 is 0 Å². The largest absolute Gasteiger partial charge is 0.465 e. The van der Waals surface area contributed by atoms with Crippen molar-refractivity contribution in [3.63, 3.8) is 0 Å². The Balaban J connectivity index is 1.89. The number of benzene rings is 1. The van der Waals surface area contributed by atoms with Gasteiger partial charge in [-0.15, -0.1) is 0 Å². The minimum absolute atomic E-state index is 0.00824. The number of likely N-dealkylation sites (tertiary alicyclic amines) is 1. The number of amides is 2. The van der Waals surface area contributed by atoms with E-state index >= 15 is 0 Å². The maximum absolute atomic E-state index is 12.3. The summed E-state index contributed by atoms with van der Waals surface area (Å²) in [5, 5.41) is 0. The van der Waals surface area contributed by atoms with Crippen molar-refractivity contribution in [1.29, 1.82) is 0 Å². The van der Waals surface area contributed by atoms with Crippen LogP contribution in [0, 0.1) is 5.92 Å². The molecule has 134 valence electrons. The van der Waals surface area contributed by atoms with Gasteiger partial charge >= 0.3 is 5.97 Å². The van der Waals surface area contributed by atoms with Crippen LogP contribution in [0.15, 0.2) is 30.3 Å². The van der Waals surface area contributed by atoms with Crippen molar-refractivity contribution in [2.24, 2.45) is 5.92 Å². The molecular weight excluding hydrogens is 320 g/mol. The second-order valence-corrected chi connectivity index (χ2v) is 6.28. The van der Waals surface area contributed by atoms with Crippen molar-refractivity contribution in [2.45, 2.75) is 12.8 Å². The zero-order valence-corrected chi connectivity index (χ0v) is 14.9. The summed E-state index contributed by atoms with van der Waals surface area (Å²) in [5.74, 6) is -0.309. The van der Waals surface area contributed by atoms with Crippen LogP contribution in [0.4, 0.5) is 0 Å². The Morgan fingerprint density at radius 1 is 1.12 bits per heavy atom. The van der Waals surface area contributed by atoms with Gasteiger partial charge in [-0.2, -0.15) is 0 Å². The lowest BCUT2D eigenvalue weighted by Crippen LogP contribution is -2.42. The van der Waals surface area contributed by atoms with E-state index in [0.29, 0.717) is 31.5 Å². The van der Waals surface area contributed by atoms with Crippen LogP contribution in [0.5, 0.6) is 0 Å². The van der Waals surface area contributed by atoms with Crippen molar-refractivity contribution < 1.29 is 19.1 Å². The molecule has 1 heterocycles. The predicted octanol–water partition coefficient (Wildman–Crippen LogP) is 1.81. The van der Waals surface area contributed by atoms with E-state index in [0.717, 1.165) is 5.56 Å². The topological polar surface area (TPSA) is 66.9 Å². The van der Waals surface area contributed by atoms with Gasteiger partial charge in [-0.3, -0.25) is 9.59 Å². The fourth-order valence-corrected chi connectivity index (χ4v) is 2.83. The van der Waals surface area contributed by atoms with E-state index in [-0.39, 0.29) is 23.7 Å². The first kappa shape index (κ1) is 18.7. The second kappa shape index (κ2) is 8.46. The van der Waals surface area contributed by atoms with Crippen LogP contribution < -0.4 is 0 Å². The Kier molecular flexibility index (Phi) is 6.33. The first-order chi connectivity index (χ1) is 11.9. The molecule has 0 bridgehead atoms. The van der Waals surface area contributed by atoms with Crippen LogP contribution >= 0.6 is 0 Å². The third-order valence-electron chi connectivity index (χ3n) is 4.35. The molecule has 0 unspecified atom stereocenters. The van der Waals surface area contributed by atoms with Crippen LogP contribution in [-0.4, -0.2) is 61.9 Å². The first-order valence-electron chi connectivity index (χ1n) is 8.29. The van der Waals surface area contributed by atoms with E-state index in [9.17, 15) is 14.4 Å². The lowest BCUT2D eigenvalue weighted by molar-refractivity contribution is -0.137. The second-order valence-electron chi connectivity index (χ2n) is 6.28. The van der Waals surface area contributed by atoms with Gasteiger partial charge in [0.1, 0.15) is 0 Å². The molecule has 1 aliphatic heterocycles. The highest BCUT2D eigenvalue weighted by Gasteiger charge is 2.27. The number of hydrogen-bond acceptors (Lipinski definition) is 4. The molecule has 6 heteroatoms. The number of hydrogen-bond donors (Lipinski definition) is 0. The lowest BCUT2D eigenvalue weighted by Gasteiger charge is -2.31. The summed E-state index contributed by atoms with van der Waals surface area (Å²) in [6, 6.07) is 6.85. The number of carbonyl (C=O) groups excluding carboxylic acids is 3. The first-order valence-corrected chi connectivity index (χ1v) is 8.29. The number of nitrogens with zero attached hydrogens (tertiary/aromatic N) is 2. The van der Waals surface area contributed by atoms with Crippen LogP contribution in [0.1, 0.15) is 28.8 Å². The van der Waals surface area contributed by atoms with Crippen LogP contribution in [-0.2, 0) is 14.3 Å². The summed E-state index contributed by atoms with van der Waals surface area (Å²) in [5.41, 5.74) is 1.30. The fraction of sp³-hybridized carbons (Fsp3) is 0.421. The molecule has 0 spiro atoms. The molecular formula is C19H24N2O4. The minimum atomic E-state index is -0.387.